The third-order valence-corrected chi connectivity index (χ3v) is 2.81. The van der Waals surface area contributed by atoms with Crippen molar-refractivity contribution in [1.29, 1.82) is 0 Å². The Morgan fingerprint density at radius 3 is 2.88 bits per heavy atom. The number of piperazine rings is 1. The zero-order valence-corrected chi connectivity index (χ0v) is 9.02. The van der Waals surface area contributed by atoms with E-state index in [1.807, 2.05) is 30.3 Å². The summed E-state index contributed by atoms with van der Waals surface area (Å²) in [4.78, 5) is 13.4. The summed E-state index contributed by atoms with van der Waals surface area (Å²) in [7, 11) is 0. The molecule has 0 aliphatic carbocycles. The van der Waals surface area contributed by atoms with Crippen LogP contribution in [0.2, 0.25) is 0 Å². The maximum atomic E-state index is 11.6. The van der Waals surface area contributed by atoms with Crippen LogP contribution < -0.4 is 16.6 Å². The number of amides is 2. The van der Waals surface area contributed by atoms with Crippen LogP contribution in [-0.4, -0.2) is 30.6 Å². The van der Waals surface area contributed by atoms with Crippen LogP contribution in [-0.2, 0) is 0 Å². The first-order valence-electron chi connectivity index (χ1n) is 5.36. The zero-order valence-electron chi connectivity index (χ0n) is 9.02. The lowest BCUT2D eigenvalue weighted by Gasteiger charge is -2.35. The number of carbonyl (C=O) groups is 1. The summed E-state index contributed by atoms with van der Waals surface area (Å²) in [5, 5.41) is 3.28. The van der Waals surface area contributed by atoms with Gasteiger partial charge in [0.2, 0.25) is 0 Å². The minimum absolute atomic E-state index is 0.0542. The lowest BCUT2D eigenvalue weighted by atomic mass is 10.0. The Hall–Kier alpha value is -1.59. The first-order chi connectivity index (χ1) is 7.83. The molecule has 86 valence electrons. The van der Waals surface area contributed by atoms with Gasteiger partial charge in [-0.2, -0.15) is 0 Å². The van der Waals surface area contributed by atoms with Gasteiger partial charge >= 0.3 is 6.03 Å². The number of urea groups is 1. The Morgan fingerprint density at radius 1 is 1.44 bits per heavy atom. The molecule has 5 nitrogen and oxygen atoms in total. The van der Waals surface area contributed by atoms with Crippen molar-refractivity contribution in [2.75, 3.05) is 19.6 Å². The van der Waals surface area contributed by atoms with Gasteiger partial charge in [0.25, 0.3) is 0 Å². The zero-order chi connectivity index (χ0) is 11.4. The van der Waals surface area contributed by atoms with Gasteiger partial charge in [-0.1, -0.05) is 30.3 Å². The number of nitrogens with one attached hydrogen (secondary N) is 2. The Labute approximate surface area is 94.6 Å². The Morgan fingerprint density at radius 2 is 2.19 bits per heavy atom. The summed E-state index contributed by atoms with van der Waals surface area (Å²) < 4.78 is 0. The molecule has 1 aliphatic rings. The van der Waals surface area contributed by atoms with Gasteiger partial charge in [-0.25, -0.2) is 10.6 Å². The second-order valence-electron chi connectivity index (χ2n) is 3.77. The Balaban J connectivity index is 2.20. The first-order valence-corrected chi connectivity index (χ1v) is 5.36. The summed E-state index contributed by atoms with van der Waals surface area (Å²) in [5.74, 6) is 5.18. The molecule has 1 aromatic carbocycles. The molecule has 0 spiro atoms. The number of rotatable bonds is 1. The van der Waals surface area contributed by atoms with Gasteiger partial charge < -0.3 is 10.2 Å². The summed E-state index contributed by atoms with van der Waals surface area (Å²) >= 11 is 0. The molecule has 5 heteroatoms. The summed E-state index contributed by atoms with van der Waals surface area (Å²) in [5.41, 5.74) is 3.32. The minimum Gasteiger partial charge on any atom is -0.314 e. The van der Waals surface area contributed by atoms with Crippen molar-refractivity contribution in [3.63, 3.8) is 0 Å². The van der Waals surface area contributed by atoms with Crippen LogP contribution in [0.3, 0.4) is 0 Å². The maximum Gasteiger partial charge on any atom is 0.332 e. The van der Waals surface area contributed by atoms with E-state index in [0.29, 0.717) is 6.54 Å². The molecule has 4 N–H and O–H groups in total. The number of hydrogen-bond donors (Lipinski definition) is 3. The molecule has 1 aliphatic heterocycles. The van der Waals surface area contributed by atoms with Crippen LogP contribution in [0.25, 0.3) is 0 Å². The maximum absolute atomic E-state index is 11.6. The summed E-state index contributed by atoms with van der Waals surface area (Å²) in [6.07, 6.45) is 0. The monoisotopic (exact) mass is 220 g/mol. The highest BCUT2D eigenvalue weighted by molar-refractivity contribution is 5.74. The highest BCUT2D eigenvalue weighted by Gasteiger charge is 2.26. The first kappa shape index (κ1) is 10.9. The molecule has 1 aromatic rings. The standard InChI is InChI=1S/C11H16N4O/c12-14-11(16)15-7-6-13-8-10(15)9-4-2-1-3-5-9/h1-5,10,13H,6-8,12H2,(H,14,16). The summed E-state index contributed by atoms with van der Waals surface area (Å²) in [6, 6.07) is 9.79. The average Bonchev–Trinajstić information content (AvgIpc) is 2.39. The van der Waals surface area contributed by atoms with Crippen molar-refractivity contribution in [3.8, 4) is 0 Å². The van der Waals surface area contributed by atoms with Crippen LogP contribution in [0.15, 0.2) is 30.3 Å². The lowest BCUT2D eigenvalue weighted by molar-refractivity contribution is 0.159. The smallest absolute Gasteiger partial charge is 0.314 e. The van der Waals surface area contributed by atoms with Crippen molar-refractivity contribution in [2.45, 2.75) is 6.04 Å². The minimum atomic E-state index is -0.227. The van der Waals surface area contributed by atoms with E-state index in [1.54, 1.807) is 4.90 Å². The topological polar surface area (TPSA) is 70.4 Å². The molecule has 1 heterocycles. The molecule has 0 bridgehead atoms. The second-order valence-corrected chi connectivity index (χ2v) is 3.77. The molecule has 1 saturated heterocycles. The highest BCUT2D eigenvalue weighted by Crippen LogP contribution is 2.21. The molecule has 1 unspecified atom stereocenters. The van der Waals surface area contributed by atoms with Gasteiger partial charge in [-0.15, -0.1) is 0 Å². The molecule has 0 saturated carbocycles. The molecule has 16 heavy (non-hydrogen) atoms. The van der Waals surface area contributed by atoms with E-state index >= 15 is 0 Å². The van der Waals surface area contributed by atoms with Crippen molar-refractivity contribution < 1.29 is 4.79 Å². The van der Waals surface area contributed by atoms with Crippen molar-refractivity contribution in [1.82, 2.24) is 15.6 Å². The largest absolute Gasteiger partial charge is 0.332 e. The predicted octanol–water partition coefficient (Wildman–Crippen LogP) is 0.216. The number of nitrogens with zero attached hydrogens (tertiary/aromatic N) is 1. The fourth-order valence-electron chi connectivity index (χ4n) is 2.00. The van der Waals surface area contributed by atoms with Crippen molar-refractivity contribution in [3.05, 3.63) is 35.9 Å². The van der Waals surface area contributed by atoms with E-state index in [4.69, 9.17) is 5.84 Å². The quantitative estimate of drug-likeness (QED) is 0.360. The molecule has 1 atom stereocenters. The van der Waals surface area contributed by atoms with E-state index in [1.165, 1.54) is 0 Å². The van der Waals surface area contributed by atoms with Crippen LogP contribution in [0.4, 0.5) is 4.79 Å². The third kappa shape index (κ3) is 2.15. The van der Waals surface area contributed by atoms with Gasteiger partial charge in [0.1, 0.15) is 0 Å². The fourth-order valence-corrected chi connectivity index (χ4v) is 2.00. The third-order valence-electron chi connectivity index (χ3n) is 2.81. The second kappa shape index (κ2) is 4.96. The Kier molecular flexibility index (Phi) is 3.38. The number of carbonyl (C=O) groups excluding carboxylic acids is 1. The number of hydrazine groups is 1. The van der Waals surface area contributed by atoms with E-state index < -0.39 is 0 Å². The van der Waals surface area contributed by atoms with E-state index in [-0.39, 0.29) is 12.1 Å². The molecule has 1 fully saturated rings. The van der Waals surface area contributed by atoms with E-state index in [9.17, 15) is 4.79 Å². The lowest BCUT2D eigenvalue weighted by Crippen LogP contribution is -2.53. The molecule has 2 amide bonds. The fraction of sp³-hybridized carbons (Fsp3) is 0.364. The van der Waals surface area contributed by atoms with Crippen LogP contribution in [0.5, 0.6) is 0 Å². The molecule has 2 rings (SSSR count). The number of hydrogen-bond acceptors (Lipinski definition) is 3. The Bertz CT molecular complexity index is 354. The van der Waals surface area contributed by atoms with Crippen LogP contribution in [0, 0.1) is 0 Å². The van der Waals surface area contributed by atoms with Crippen molar-refractivity contribution in [2.24, 2.45) is 5.84 Å². The molecule has 0 radical (unpaired) electrons. The van der Waals surface area contributed by atoms with Crippen LogP contribution in [0.1, 0.15) is 11.6 Å². The van der Waals surface area contributed by atoms with Gasteiger partial charge in [0.05, 0.1) is 6.04 Å². The normalized spacial score (nSPS) is 20.6. The van der Waals surface area contributed by atoms with Gasteiger partial charge in [-0.05, 0) is 5.56 Å². The van der Waals surface area contributed by atoms with Gasteiger partial charge in [0, 0.05) is 19.6 Å². The number of benzene rings is 1. The van der Waals surface area contributed by atoms with Crippen molar-refractivity contribution >= 4 is 6.03 Å². The van der Waals surface area contributed by atoms with Gasteiger partial charge in [-0.3, -0.25) is 5.43 Å². The van der Waals surface area contributed by atoms with E-state index in [0.717, 1.165) is 18.7 Å². The van der Waals surface area contributed by atoms with E-state index in [2.05, 4.69) is 10.7 Å². The molecular weight excluding hydrogens is 204 g/mol. The van der Waals surface area contributed by atoms with Gasteiger partial charge in [0.15, 0.2) is 0 Å². The SMILES string of the molecule is NNC(=O)N1CCNCC1c1ccccc1. The molecule has 0 aromatic heterocycles. The highest BCUT2D eigenvalue weighted by atomic mass is 16.2. The molecular formula is C11H16N4O. The average molecular weight is 220 g/mol. The number of nitrogens with two attached hydrogens (primary N) is 1. The predicted molar refractivity (Wildman–Crippen MR) is 61.5 cm³/mol. The summed E-state index contributed by atoms with van der Waals surface area (Å²) in [6.45, 7) is 2.23. The van der Waals surface area contributed by atoms with Crippen LogP contribution >= 0.6 is 0 Å².